The van der Waals surface area contributed by atoms with Gasteiger partial charge in [-0.15, -0.1) is 0 Å². The zero-order valence-electron chi connectivity index (χ0n) is 11.8. The second-order valence-corrected chi connectivity index (χ2v) is 6.82. The molecule has 0 aliphatic heterocycles. The average molecular weight is 434 g/mol. The quantitative estimate of drug-likeness (QED) is 0.595. The summed E-state index contributed by atoms with van der Waals surface area (Å²) >= 11 is 13.2. The Hall–Kier alpha value is -0.550. The van der Waals surface area contributed by atoms with Crippen molar-refractivity contribution in [1.82, 2.24) is 5.32 Å². The van der Waals surface area contributed by atoms with Crippen LogP contribution >= 0.6 is 43.5 Å². The summed E-state index contributed by atoms with van der Waals surface area (Å²) in [4.78, 5) is 0. The lowest BCUT2D eigenvalue weighted by atomic mass is 10.1. The number of hydrogen-bond acceptors (Lipinski definition) is 2. The van der Waals surface area contributed by atoms with Gasteiger partial charge in [-0.1, -0.05) is 56.5 Å². The predicted octanol–water partition coefficient (Wildman–Crippen LogP) is 6.33. The first-order valence-electron chi connectivity index (χ1n) is 6.67. The summed E-state index contributed by atoms with van der Waals surface area (Å²) in [7, 11) is 0. The molecule has 0 aliphatic rings. The van der Waals surface area contributed by atoms with Gasteiger partial charge in [-0.05, 0) is 49.4 Å². The fraction of sp³-hybridized carbons (Fsp3) is 0.250. The van der Waals surface area contributed by atoms with Gasteiger partial charge in [0.25, 0.3) is 0 Å². The van der Waals surface area contributed by atoms with Crippen molar-refractivity contribution >= 4 is 43.5 Å². The van der Waals surface area contributed by atoms with E-state index in [1.54, 1.807) is 6.07 Å². The number of hydrogen-bond donors (Lipinski definition) is 1. The molecule has 112 valence electrons. The van der Waals surface area contributed by atoms with Gasteiger partial charge in [0.15, 0.2) is 0 Å². The predicted molar refractivity (Wildman–Crippen MR) is 95.5 cm³/mol. The minimum absolute atomic E-state index is 0.285. The zero-order chi connectivity index (χ0) is 15.4. The summed E-state index contributed by atoms with van der Waals surface area (Å²) in [5, 5.41) is 3.97. The Kier molecular flexibility index (Phi) is 6.11. The van der Waals surface area contributed by atoms with E-state index in [-0.39, 0.29) is 6.04 Å². The lowest BCUT2D eigenvalue weighted by Gasteiger charge is -2.16. The fourth-order valence-electron chi connectivity index (χ4n) is 2.02. The second-order valence-electron chi connectivity index (χ2n) is 4.64. The van der Waals surface area contributed by atoms with E-state index in [1.165, 1.54) is 5.56 Å². The second kappa shape index (κ2) is 7.63. The minimum atomic E-state index is 0.285. The first kappa shape index (κ1) is 16.8. The van der Waals surface area contributed by atoms with Gasteiger partial charge in [-0.3, -0.25) is 0 Å². The fourth-order valence-corrected chi connectivity index (χ4v) is 3.22. The van der Waals surface area contributed by atoms with Crippen molar-refractivity contribution < 1.29 is 4.74 Å². The third-order valence-corrected chi connectivity index (χ3v) is 4.56. The largest absolute Gasteiger partial charge is 0.456 e. The highest BCUT2D eigenvalue weighted by atomic mass is 79.9. The highest BCUT2D eigenvalue weighted by Crippen LogP contribution is 2.34. The normalized spacial score (nSPS) is 12.2. The zero-order valence-corrected chi connectivity index (χ0v) is 15.7. The molecule has 1 N–H and O–H groups in total. The Bertz CT molecular complexity index is 634. The van der Waals surface area contributed by atoms with Crippen LogP contribution in [0.25, 0.3) is 0 Å². The highest BCUT2D eigenvalue weighted by molar-refractivity contribution is 9.10. The van der Waals surface area contributed by atoms with Gasteiger partial charge >= 0.3 is 0 Å². The van der Waals surface area contributed by atoms with Crippen molar-refractivity contribution in [3.63, 3.8) is 0 Å². The van der Waals surface area contributed by atoms with Gasteiger partial charge in [0.1, 0.15) is 11.5 Å². The van der Waals surface area contributed by atoms with Crippen LogP contribution in [-0.4, -0.2) is 6.54 Å². The van der Waals surface area contributed by atoms with Crippen LogP contribution in [0.2, 0.25) is 5.02 Å². The van der Waals surface area contributed by atoms with Gasteiger partial charge in [0.05, 0.1) is 5.02 Å². The van der Waals surface area contributed by atoms with Crippen LogP contribution in [0, 0.1) is 0 Å². The molecule has 1 unspecified atom stereocenters. The topological polar surface area (TPSA) is 21.3 Å². The Morgan fingerprint density at radius 1 is 1.19 bits per heavy atom. The van der Waals surface area contributed by atoms with Gasteiger partial charge in [0, 0.05) is 15.0 Å². The van der Waals surface area contributed by atoms with Crippen LogP contribution in [0.5, 0.6) is 11.5 Å². The lowest BCUT2D eigenvalue weighted by Crippen LogP contribution is -2.17. The van der Waals surface area contributed by atoms with E-state index in [0.29, 0.717) is 10.8 Å². The van der Waals surface area contributed by atoms with Crippen LogP contribution in [0.1, 0.15) is 25.5 Å². The third kappa shape index (κ3) is 4.46. The van der Waals surface area contributed by atoms with E-state index in [2.05, 4.69) is 57.1 Å². The van der Waals surface area contributed by atoms with Crippen molar-refractivity contribution in [3.05, 3.63) is 55.9 Å². The molecule has 2 aromatic rings. The molecule has 21 heavy (non-hydrogen) atoms. The molecule has 0 bridgehead atoms. The third-order valence-electron chi connectivity index (χ3n) is 3.07. The van der Waals surface area contributed by atoms with Crippen LogP contribution < -0.4 is 10.1 Å². The smallest absolute Gasteiger partial charge is 0.147 e. The number of halogens is 3. The summed E-state index contributed by atoms with van der Waals surface area (Å²) < 4.78 is 7.80. The maximum atomic E-state index is 6.14. The molecule has 5 heteroatoms. The van der Waals surface area contributed by atoms with E-state index in [4.69, 9.17) is 16.3 Å². The van der Waals surface area contributed by atoms with Crippen molar-refractivity contribution in [2.24, 2.45) is 0 Å². The molecule has 0 amide bonds. The van der Waals surface area contributed by atoms with Crippen molar-refractivity contribution in [3.8, 4) is 11.5 Å². The van der Waals surface area contributed by atoms with Crippen LogP contribution in [0.4, 0.5) is 0 Å². The summed E-state index contributed by atoms with van der Waals surface area (Å²) in [5.74, 6) is 1.37. The molecule has 0 heterocycles. The maximum absolute atomic E-state index is 6.14. The number of ether oxygens (including phenoxy) is 1. The van der Waals surface area contributed by atoms with E-state index in [0.717, 1.165) is 21.2 Å². The van der Waals surface area contributed by atoms with Crippen molar-refractivity contribution in [2.75, 3.05) is 6.54 Å². The molecule has 0 saturated carbocycles. The molecule has 0 aliphatic carbocycles. The first-order chi connectivity index (χ1) is 10.0. The van der Waals surface area contributed by atoms with E-state index in [9.17, 15) is 0 Å². The van der Waals surface area contributed by atoms with Gasteiger partial charge < -0.3 is 10.1 Å². The SMILES string of the molecule is CCNC(C)c1ccc(Oc2cc(Br)ccc2Cl)cc1Br. The molecule has 2 nitrogen and oxygen atoms in total. The summed E-state index contributed by atoms with van der Waals surface area (Å²) in [6.45, 7) is 5.16. The van der Waals surface area contributed by atoms with Gasteiger partial charge in [-0.2, -0.15) is 0 Å². The standard InChI is InChI=1S/C16H16Br2ClNO/c1-3-20-10(2)13-6-5-12(9-14(13)18)21-16-8-11(17)4-7-15(16)19/h4-10,20H,3H2,1-2H3. The highest BCUT2D eigenvalue weighted by Gasteiger charge is 2.10. The molecule has 1 atom stereocenters. The van der Waals surface area contributed by atoms with Gasteiger partial charge in [0.2, 0.25) is 0 Å². The Balaban J connectivity index is 2.22. The van der Waals surface area contributed by atoms with Crippen molar-refractivity contribution in [2.45, 2.75) is 19.9 Å². The molecule has 0 fully saturated rings. The van der Waals surface area contributed by atoms with Crippen molar-refractivity contribution in [1.29, 1.82) is 0 Å². The molecule has 2 rings (SSSR count). The molecule has 0 spiro atoms. The average Bonchev–Trinajstić information content (AvgIpc) is 2.43. The lowest BCUT2D eigenvalue weighted by molar-refractivity contribution is 0.481. The summed E-state index contributed by atoms with van der Waals surface area (Å²) in [6.07, 6.45) is 0. The van der Waals surface area contributed by atoms with Crippen LogP contribution in [0.15, 0.2) is 45.3 Å². The maximum Gasteiger partial charge on any atom is 0.147 e. The first-order valence-corrected chi connectivity index (χ1v) is 8.63. The van der Waals surface area contributed by atoms with Gasteiger partial charge in [-0.25, -0.2) is 0 Å². The molecule has 0 radical (unpaired) electrons. The molecule has 0 aromatic heterocycles. The van der Waals surface area contributed by atoms with Crippen LogP contribution in [0.3, 0.4) is 0 Å². The molecule has 0 saturated heterocycles. The summed E-state index contributed by atoms with van der Waals surface area (Å²) in [5.41, 5.74) is 1.20. The Morgan fingerprint density at radius 3 is 2.62 bits per heavy atom. The van der Waals surface area contributed by atoms with E-state index < -0.39 is 0 Å². The molecular weight excluding hydrogens is 417 g/mol. The molecule has 2 aromatic carbocycles. The monoisotopic (exact) mass is 431 g/mol. The van der Waals surface area contributed by atoms with E-state index in [1.807, 2.05) is 24.3 Å². The number of nitrogens with one attached hydrogen (secondary N) is 1. The number of rotatable bonds is 5. The Morgan fingerprint density at radius 2 is 1.95 bits per heavy atom. The Labute approximate surface area is 147 Å². The molecular formula is C16H16Br2ClNO. The van der Waals surface area contributed by atoms with E-state index >= 15 is 0 Å². The van der Waals surface area contributed by atoms with Crippen LogP contribution in [-0.2, 0) is 0 Å². The number of benzene rings is 2. The summed E-state index contributed by atoms with van der Waals surface area (Å²) in [6, 6.07) is 11.8. The minimum Gasteiger partial charge on any atom is -0.456 e.